The third-order valence-corrected chi connectivity index (χ3v) is 9.70. The van der Waals surface area contributed by atoms with Crippen LogP contribution >= 0.6 is 0 Å². The predicted octanol–water partition coefficient (Wildman–Crippen LogP) is 1.75. The van der Waals surface area contributed by atoms with Crippen molar-refractivity contribution in [1.29, 1.82) is 0 Å². The first-order valence-corrected chi connectivity index (χ1v) is 11.1. The zero-order valence-electron chi connectivity index (χ0n) is 17.3. The molecular weight excluding hydrogens is 372 g/mol. The van der Waals surface area contributed by atoms with Crippen molar-refractivity contribution in [1.82, 2.24) is 0 Å². The first-order valence-electron chi connectivity index (χ1n) is 11.1. The number of carbonyl (C=O) groups excluding carboxylic acids is 2. The summed E-state index contributed by atoms with van der Waals surface area (Å²) in [5.74, 6) is -0.401. The maximum absolute atomic E-state index is 13.6. The van der Waals surface area contributed by atoms with E-state index in [1.807, 2.05) is 6.92 Å². The molecule has 1 heterocycles. The highest BCUT2D eigenvalue weighted by Gasteiger charge is 2.70. The summed E-state index contributed by atoms with van der Waals surface area (Å²) in [5, 5.41) is 32.7. The Hall–Kier alpha value is -1.24. The monoisotopic (exact) mass is 404 g/mol. The molecule has 0 bridgehead atoms. The summed E-state index contributed by atoms with van der Waals surface area (Å²) >= 11 is 0. The van der Waals surface area contributed by atoms with Gasteiger partial charge in [0.1, 0.15) is 12.4 Å². The standard InChI is InChI=1S/C23H32O6/c1-21-9-17(25)16(24)8-13(21)3-4-15-20(21)18(26)10-22(2)14(5-6-23(15,22)28)12-7-19(27)29-11-12/h7,13-17,20,24-25,28H,3-6,8-11H2,1-2H3/t13-,14-,15-,16-,17-,20-,21+,22-,23+/m1/s1. The lowest BCUT2D eigenvalue weighted by Crippen LogP contribution is -2.66. The Morgan fingerprint density at radius 2 is 1.86 bits per heavy atom. The van der Waals surface area contributed by atoms with Crippen LogP contribution in [-0.2, 0) is 14.3 Å². The zero-order valence-corrected chi connectivity index (χ0v) is 17.3. The van der Waals surface area contributed by atoms with E-state index < -0.39 is 23.2 Å². The van der Waals surface area contributed by atoms with Crippen LogP contribution in [0.3, 0.4) is 0 Å². The van der Waals surface area contributed by atoms with Gasteiger partial charge in [-0.1, -0.05) is 13.8 Å². The van der Waals surface area contributed by atoms with Crippen LogP contribution in [-0.4, -0.2) is 51.5 Å². The van der Waals surface area contributed by atoms with Gasteiger partial charge in [0.25, 0.3) is 0 Å². The fraction of sp³-hybridized carbons (Fsp3) is 0.826. The fourth-order valence-corrected chi connectivity index (χ4v) is 8.23. The lowest BCUT2D eigenvalue weighted by Gasteiger charge is -2.63. The summed E-state index contributed by atoms with van der Waals surface area (Å²) < 4.78 is 5.13. The van der Waals surface area contributed by atoms with Crippen molar-refractivity contribution < 1.29 is 29.6 Å². The van der Waals surface area contributed by atoms with E-state index in [1.165, 1.54) is 0 Å². The number of hydrogen-bond donors (Lipinski definition) is 3. The highest BCUT2D eigenvalue weighted by Crippen LogP contribution is 2.68. The van der Waals surface area contributed by atoms with Crippen molar-refractivity contribution in [2.24, 2.45) is 34.5 Å². The van der Waals surface area contributed by atoms with Gasteiger partial charge in [-0.25, -0.2) is 4.79 Å². The second-order valence-corrected chi connectivity index (χ2v) is 10.8. The van der Waals surface area contributed by atoms with Crippen LogP contribution in [0, 0.1) is 34.5 Å². The molecule has 4 saturated carbocycles. The molecule has 0 aromatic carbocycles. The van der Waals surface area contributed by atoms with Gasteiger partial charge in [0.2, 0.25) is 0 Å². The minimum absolute atomic E-state index is 0.0202. The zero-order chi connectivity index (χ0) is 20.8. The lowest BCUT2D eigenvalue weighted by atomic mass is 9.42. The van der Waals surface area contributed by atoms with Crippen LogP contribution < -0.4 is 0 Å². The molecule has 4 aliphatic carbocycles. The third-order valence-electron chi connectivity index (χ3n) is 9.70. The minimum atomic E-state index is -0.961. The van der Waals surface area contributed by atoms with Crippen LogP contribution in [0.25, 0.3) is 0 Å². The Morgan fingerprint density at radius 3 is 2.55 bits per heavy atom. The maximum Gasteiger partial charge on any atom is 0.331 e. The molecule has 1 aliphatic heterocycles. The smallest absolute Gasteiger partial charge is 0.331 e. The molecule has 5 aliphatic rings. The molecule has 0 aromatic heterocycles. The number of rotatable bonds is 1. The van der Waals surface area contributed by atoms with Gasteiger partial charge in [-0.2, -0.15) is 0 Å². The predicted molar refractivity (Wildman–Crippen MR) is 104 cm³/mol. The van der Waals surface area contributed by atoms with Crippen LogP contribution in [0.1, 0.15) is 58.8 Å². The van der Waals surface area contributed by atoms with Crippen molar-refractivity contribution >= 4 is 11.8 Å². The second kappa shape index (κ2) is 6.14. The summed E-state index contributed by atoms with van der Waals surface area (Å²) in [6.07, 6.45) is 4.27. The van der Waals surface area contributed by atoms with E-state index in [0.717, 1.165) is 24.8 Å². The molecule has 0 amide bonds. The van der Waals surface area contributed by atoms with E-state index in [4.69, 9.17) is 4.74 Å². The summed E-state index contributed by atoms with van der Waals surface area (Å²) in [7, 11) is 0. The summed E-state index contributed by atoms with van der Waals surface area (Å²) in [4.78, 5) is 25.3. The van der Waals surface area contributed by atoms with E-state index in [0.29, 0.717) is 25.7 Å². The lowest BCUT2D eigenvalue weighted by molar-refractivity contribution is -0.213. The van der Waals surface area contributed by atoms with Crippen molar-refractivity contribution in [3.8, 4) is 0 Å². The van der Waals surface area contributed by atoms with Crippen molar-refractivity contribution in [3.05, 3.63) is 11.6 Å². The van der Waals surface area contributed by atoms with Crippen LogP contribution in [0.2, 0.25) is 0 Å². The third kappa shape index (κ3) is 2.45. The summed E-state index contributed by atoms with van der Waals surface area (Å²) in [5.41, 5.74) is -1.03. The first kappa shape index (κ1) is 19.7. The quantitative estimate of drug-likeness (QED) is 0.575. The summed E-state index contributed by atoms with van der Waals surface area (Å²) in [6.45, 7) is 4.38. The van der Waals surface area contributed by atoms with Gasteiger partial charge < -0.3 is 20.1 Å². The first-order chi connectivity index (χ1) is 13.6. The highest BCUT2D eigenvalue weighted by atomic mass is 16.5. The van der Waals surface area contributed by atoms with Crippen LogP contribution in [0.5, 0.6) is 0 Å². The number of Topliss-reactive ketones (excluding diaryl/α,β-unsaturated/α-hetero) is 1. The molecule has 0 saturated heterocycles. The molecule has 29 heavy (non-hydrogen) atoms. The van der Waals surface area contributed by atoms with Gasteiger partial charge >= 0.3 is 5.97 Å². The Bertz CT molecular complexity index is 790. The molecular formula is C23H32O6. The van der Waals surface area contributed by atoms with Gasteiger partial charge in [-0.3, -0.25) is 4.79 Å². The molecule has 6 heteroatoms. The Morgan fingerprint density at radius 1 is 1.10 bits per heavy atom. The molecule has 0 aromatic rings. The molecule has 6 nitrogen and oxygen atoms in total. The molecule has 160 valence electrons. The number of cyclic esters (lactones) is 1. The van der Waals surface area contributed by atoms with Gasteiger partial charge in [0.05, 0.1) is 17.8 Å². The average Bonchev–Trinajstić information content (AvgIpc) is 3.17. The molecule has 4 fully saturated rings. The maximum atomic E-state index is 13.6. The average molecular weight is 405 g/mol. The number of aliphatic hydroxyl groups excluding tert-OH is 2. The van der Waals surface area contributed by atoms with Gasteiger partial charge in [-0.15, -0.1) is 0 Å². The highest BCUT2D eigenvalue weighted by molar-refractivity contribution is 5.86. The molecule has 9 atom stereocenters. The van der Waals surface area contributed by atoms with Crippen molar-refractivity contribution in [3.63, 3.8) is 0 Å². The van der Waals surface area contributed by atoms with Crippen LogP contribution in [0.15, 0.2) is 11.6 Å². The largest absolute Gasteiger partial charge is 0.458 e. The number of carbonyl (C=O) groups is 2. The van der Waals surface area contributed by atoms with Gasteiger partial charge in [0.15, 0.2) is 0 Å². The minimum Gasteiger partial charge on any atom is -0.458 e. The number of ketones is 1. The van der Waals surface area contributed by atoms with Gasteiger partial charge in [-0.05, 0) is 67.3 Å². The van der Waals surface area contributed by atoms with E-state index in [2.05, 4.69) is 6.92 Å². The molecule has 3 N–H and O–H groups in total. The number of aliphatic hydroxyl groups is 3. The van der Waals surface area contributed by atoms with E-state index in [9.17, 15) is 24.9 Å². The number of ether oxygens (including phenoxy) is 1. The SMILES string of the molecule is C[C@]12C[C@@H](O)[C@H](O)C[C@H]1CC[C@@H]1[C@@H]2C(=O)C[C@]2(C)[C@@H](C3=CC(=O)OC3)CC[C@]12O. The fourth-order valence-electron chi connectivity index (χ4n) is 8.23. The number of hydrogen-bond acceptors (Lipinski definition) is 6. The molecule has 0 spiro atoms. The second-order valence-electron chi connectivity index (χ2n) is 10.8. The topological polar surface area (TPSA) is 104 Å². The molecule has 5 rings (SSSR count). The van der Waals surface area contributed by atoms with Gasteiger partial charge in [0, 0.05) is 23.8 Å². The van der Waals surface area contributed by atoms with Crippen molar-refractivity contribution in [2.75, 3.05) is 6.61 Å². The number of esters is 1. The molecule has 0 unspecified atom stereocenters. The van der Waals surface area contributed by atoms with Crippen LogP contribution in [0.4, 0.5) is 0 Å². The Labute approximate surface area is 171 Å². The van der Waals surface area contributed by atoms with E-state index >= 15 is 0 Å². The normalized spacial score (nSPS) is 54.3. The summed E-state index contributed by atoms with van der Waals surface area (Å²) in [6, 6.07) is 0. The van der Waals surface area contributed by atoms with E-state index in [1.54, 1.807) is 6.08 Å². The molecule has 0 radical (unpaired) electrons. The number of fused-ring (bicyclic) bond motifs is 5. The Kier molecular flexibility index (Phi) is 4.18. The van der Waals surface area contributed by atoms with E-state index in [-0.39, 0.29) is 47.4 Å². The Balaban J connectivity index is 1.52. The van der Waals surface area contributed by atoms with Crippen molar-refractivity contribution in [2.45, 2.75) is 76.6 Å².